The summed E-state index contributed by atoms with van der Waals surface area (Å²) in [6.07, 6.45) is 1.88. The zero-order chi connectivity index (χ0) is 14.4. The highest BCUT2D eigenvalue weighted by Crippen LogP contribution is 2.21. The summed E-state index contributed by atoms with van der Waals surface area (Å²) in [6, 6.07) is 4.56. The smallest absolute Gasteiger partial charge is 0.137 e. The Labute approximate surface area is 125 Å². The van der Waals surface area contributed by atoms with E-state index in [1.54, 1.807) is 16.8 Å². The summed E-state index contributed by atoms with van der Waals surface area (Å²) in [4.78, 5) is 0. The van der Waals surface area contributed by atoms with Gasteiger partial charge in [0.2, 0.25) is 0 Å². The van der Waals surface area contributed by atoms with Crippen molar-refractivity contribution < 1.29 is 9.13 Å². The molecule has 1 aromatic heterocycles. The minimum atomic E-state index is -0.304. The molecule has 0 spiro atoms. The molecule has 1 aromatic carbocycles. The Morgan fingerprint density at radius 2 is 2.30 bits per heavy atom. The van der Waals surface area contributed by atoms with Crippen molar-refractivity contribution >= 4 is 15.9 Å². The lowest BCUT2D eigenvalue weighted by atomic mass is 10.3. The highest BCUT2D eigenvalue weighted by molar-refractivity contribution is 9.10. The second-order valence-corrected chi connectivity index (χ2v) is 5.03. The van der Waals surface area contributed by atoms with Gasteiger partial charge in [-0.15, -0.1) is 5.10 Å². The number of ether oxygens (including phenoxy) is 1. The highest BCUT2D eigenvalue weighted by Gasteiger charge is 2.03. The summed E-state index contributed by atoms with van der Waals surface area (Å²) in [5, 5.41) is 11.2. The number of benzene rings is 1. The molecule has 20 heavy (non-hydrogen) atoms. The van der Waals surface area contributed by atoms with E-state index in [-0.39, 0.29) is 5.82 Å². The van der Waals surface area contributed by atoms with Crippen molar-refractivity contribution in [3.8, 4) is 5.75 Å². The number of nitrogens with zero attached hydrogens (tertiary/aromatic N) is 3. The lowest BCUT2D eigenvalue weighted by Gasteiger charge is -2.06. The second-order valence-electron chi connectivity index (χ2n) is 4.18. The molecule has 0 radical (unpaired) electrons. The van der Waals surface area contributed by atoms with Crippen LogP contribution in [0.1, 0.15) is 12.6 Å². The van der Waals surface area contributed by atoms with Gasteiger partial charge in [-0.2, -0.15) is 0 Å². The summed E-state index contributed by atoms with van der Waals surface area (Å²) < 4.78 is 20.7. The molecule has 0 atom stereocenters. The summed E-state index contributed by atoms with van der Waals surface area (Å²) in [5.74, 6) is 0.313. The third-order valence-electron chi connectivity index (χ3n) is 2.62. The Kier molecular flexibility index (Phi) is 5.49. The molecule has 7 heteroatoms. The van der Waals surface area contributed by atoms with Gasteiger partial charge in [-0.05, 0) is 40.7 Å². The van der Waals surface area contributed by atoms with Gasteiger partial charge in [0.05, 0.1) is 16.7 Å². The Morgan fingerprint density at radius 3 is 3.05 bits per heavy atom. The van der Waals surface area contributed by atoms with Crippen molar-refractivity contribution in [2.24, 2.45) is 0 Å². The van der Waals surface area contributed by atoms with Crippen LogP contribution in [-0.2, 0) is 13.1 Å². The molecule has 0 fully saturated rings. The minimum Gasteiger partial charge on any atom is -0.492 e. The first-order valence-corrected chi connectivity index (χ1v) is 7.16. The zero-order valence-electron chi connectivity index (χ0n) is 11.1. The number of hydrogen-bond acceptors (Lipinski definition) is 4. The van der Waals surface area contributed by atoms with E-state index in [0.717, 1.165) is 12.2 Å². The Hall–Kier alpha value is -1.47. The van der Waals surface area contributed by atoms with Crippen LogP contribution in [0.25, 0.3) is 0 Å². The molecule has 0 aliphatic carbocycles. The van der Waals surface area contributed by atoms with E-state index in [1.807, 2.05) is 13.1 Å². The Balaban J connectivity index is 1.80. The molecule has 5 nitrogen and oxygen atoms in total. The topological polar surface area (TPSA) is 52.0 Å². The summed E-state index contributed by atoms with van der Waals surface area (Å²) in [7, 11) is 0. The van der Waals surface area contributed by atoms with Gasteiger partial charge in [-0.25, -0.2) is 9.07 Å². The normalized spacial score (nSPS) is 10.8. The molecule has 0 aliphatic rings. The third-order valence-corrected chi connectivity index (χ3v) is 3.23. The van der Waals surface area contributed by atoms with Crippen molar-refractivity contribution in [3.05, 3.63) is 40.4 Å². The first-order chi connectivity index (χ1) is 9.69. The highest BCUT2D eigenvalue weighted by atomic mass is 79.9. The number of hydrogen-bond donors (Lipinski definition) is 1. The maximum atomic E-state index is 13.1. The Bertz CT molecular complexity index is 561. The van der Waals surface area contributed by atoms with E-state index in [0.29, 0.717) is 29.9 Å². The molecule has 108 valence electrons. The second kappa shape index (κ2) is 7.35. The van der Waals surface area contributed by atoms with Gasteiger partial charge in [0.15, 0.2) is 0 Å². The lowest BCUT2D eigenvalue weighted by Crippen LogP contribution is -2.12. The SMILES string of the molecule is CCNCc1cn(CCOc2ccc(F)c(Br)c2)nn1. The van der Waals surface area contributed by atoms with Crippen LogP contribution in [0.3, 0.4) is 0 Å². The fourth-order valence-electron chi connectivity index (χ4n) is 1.61. The van der Waals surface area contributed by atoms with E-state index in [9.17, 15) is 4.39 Å². The predicted octanol–water partition coefficient (Wildman–Crippen LogP) is 2.37. The van der Waals surface area contributed by atoms with Gasteiger partial charge < -0.3 is 10.1 Å². The molecule has 0 amide bonds. The van der Waals surface area contributed by atoms with E-state index in [2.05, 4.69) is 31.6 Å². The number of nitrogens with one attached hydrogen (secondary N) is 1. The van der Waals surface area contributed by atoms with E-state index >= 15 is 0 Å². The first-order valence-electron chi connectivity index (χ1n) is 6.36. The average Bonchev–Trinajstić information content (AvgIpc) is 2.88. The molecular weight excluding hydrogens is 327 g/mol. The fourth-order valence-corrected chi connectivity index (χ4v) is 1.96. The number of halogens is 2. The first kappa shape index (κ1) is 14.9. The van der Waals surface area contributed by atoms with Gasteiger partial charge in [0, 0.05) is 12.7 Å². The molecule has 0 aliphatic heterocycles. The molecule has 0 saturated carbocycles. The molecule has 0 unspecified atom stereocenters. The van der Waals surface area contributed by atoms with Crippen LogP contribution < -0.4 is 10.1 Å². The van der Waals surface area contributed by atoms with Crippen molar-refractivity contribution in [2.45, 2.75) is 20.0 Å². The van der Waals surface area contributed by atoms with Crippen LogP contribution in [0.5, 0.6) is 5.75 Å². The Morgan fingerprint density at radius 1 is 1.45 bits per heavy atom. The molecule has 0 bridgehead atoms. The number of aromatic nitrogens is 3. The van der Waals surface area contributed by atoms with Crippen molar-refractivity contribution in [2.75, 3.05) is 13.2 Å². The van der Waals surface area contributed by atoms with Crippen LogP contribution in [0.2, 0.25) is 0 Å². The van der Waals surface area contributed by atoms with E-state index in [4.69, 9.17) is 4.74 Å². The maximum Gasteiger partial charge on any atom is 0.137 e. The van der Waals surface area contributed by atoms with E-state index < -0.39 is 0 Å². The van der Waals surface area contributed by atoms with Gasteiger partial charge in [-0.3, -0.25) is 0 Å². The molecule has 1 heterocycles. The minimum absolute atomic E-state index is 0.304. The van der Waals surface area contributed by atoms with Crippen LogP contribution >= 0.6 is 15.9 Å². The van der Waals surface area contributed by atoms with Gasteiger partial charge in [-0.1, -0.05) is 12.1 Å². The standard InChI is InChI=1S/C13H16BrFN4O/c1-2-16-8-10-9-19(18-17-10)5-6-20-11-3-4-13(15)12(14)7-11/h3-4,7,9,16H,2,5-6,8H2,1H3. The molecule has 2 rings (SSSR count). The van der Waals surface area contributed by atoms with Crippen molar-refractivity contribution in [1.82, 2.24) is 20.3 Å². The molecule has 1 N–H and O–H groups in total. The fraction of sp³-hybridized carbons (Fsp3) is 0.385. The van der Waals surface area contributed by atoms with E-state index in [1.165, 1.54) is 6.07 Å². The van der Waals surface area contributed by atoms with Gasteiger partial charge >= 0.3 is 0 Å². The van der Waals surface area contributed by atoms with Crippen LogP contribution in [-0.4, -0.2) is 28.1 Å². The van der Waals surface area contributed by atoms with Crippen LogP contribution in [0, 0.1) is 5.82 Å². The van der Waals surface area contributed by atoms with Crippen molar-refractivity contribution in [3.63, 3.8) is 0 Å². The zero-order valence-corrected chi connectivity index (χ0v) is 12.7. The van der Waals surface area contributed by atoms with Gasteiger partial charge in [0.25, 0.3) is 0 Å². The summed E-state index contributed by atoms with van der Waals surface area (Å²) in [6.45, 7) is 4.69. The molecule has 0 saturated heterocycles. The van der Waals surface area contributed by atoms with Crippen molar-refractivity contribution in [1.29, 1.82) is 0 Å². The third kappa shape index (κ3) is 4.28. The lowest BCUT2D eigenvalue weighted by molar-refractivity contribution is 0.289. The average molecular weight is 343 g/mol. The molecular formula is C13H16BrFN4O. The van der Waals surface area contributed by atoms with Crippen LogP contribution in [0.15, 0.2) is 28.9 Å². The molecule has 2 aromatic rings. The summed E-state index contributed by atoms with van der Waals surface area (Å²) >= 11 is 3.12. The predicted molar refractivity (Wildman–Crippen MR) is 77.0 cm³/mol. The summed E-state index contributed by atoms with van der Waals surface area (Å²) in [5.41, 5.74) is 0.899. The largest absolute Gasteiger partial charge is 0.492 e. The van der Waals surface area contributed by atoms with Crippen LogP contribution in [0.4, 0.5) is 4.39 Å². The monoisotopic (exact) mass is 342 g/mol. The van der Waals surface area contributed by atoms with Gasteiger partial charge in [0.1, 0.15) is 18.2 Å². The maximum absolute atomic E-state index is 13.1. The quantitative estimate of drug-likeness (QED) is 0.839. The number of rotatable bonds is 7.